The Hall–Kier alpha value is -0.120. The van der Waals surface area contributed by atoms with Crippen LogP contribution in [0.2, 0.25) is 0 Å². The average molecular weight is 270 g/mol. The van der Waals surface area contributed by atoms with Crippen molar-refractivity contribution in [3.8, 4) is 0 Å². The van der Waals surface area contributed by atoms with E-state index in [0.717, 1.165) is 32.1 Å². The van der Waals surface area contributed by atoms with Crippen LogP contribution in [-0.4, -0.2) is 50.3 Å². The molecule has 1 saturated carbocycles. The van der Waals surface area contributed by atoms with Crippen LogP contribution >= 0.6 is 0 Å². The van der Waals surface area contributed by atoms with Gasteiger partial charge in [0.25, 0.3) is 0 Å². The van der Waals surface area contributed by atoms with Crippen LogP contribution in [0.25, 0.3) is 0 Å². The van der Waals surface area contributed by atoms with E-state index in [1.807, 2.05) is 0 Å². The van der Waals surface area contributed by atoms with Crippen molar-refractivity contribution in [1.29, 1.82) is 0 Å². The molecule has 0 aromatic rings. The Balaban J connectivity index is 2.78. The smallest absolute Gasteiger partial charge is 0.0637 e. The van der Waals surface area contributed by atoms with Gasteiger partial charge in [-0.3, -0.25) is 0 Å². The minimum atomic E-state index is 0.265. The topological polar surface area (TPSA) is 24.5 Å². The Morgan fingerprint density at radius 3 is 2.63 bits per heavy atom. The van der Waals surface area contributed by atoms with Gasteiger partial charge < -0.3 is 15.0 Å². The minimum Gasteiger partial charge on any atom is -0.380 e. The third-order valence-electron chi connectivity index (χ3n) is 4.63. The SMILES string of the molecule is CCCOCC(NCC)C1(N(C)C)CCCC(C)C1. The zero-order chi connectivity index (χ0) is 14.3. The fourth-order valence-corrected chi connectivity index (χ4v) is 3.59. The highest BCUT2D eigenvalue weighted by Gasteiger charge is 2.43. The highest BCUT2D eigenvalue weighted by Crippen LogP contribution is 2.38. The summed E-state index contributed by atoms with van der Waals surface area (Å²) >= 11 is 0. The van der Waals surface area contributed by atoms with Gasteiger partial charge in [0, 0.05) is 18.2 Å². The molecule has 3 heteroatoms. The molecule has 0 aromatic carbocycles. The van der Waals surface area contributed by atoms with Crippen LogP contribution in [0.4, 0.5) is 0 Å². The summed E-state index contributed by atoms with van der Waals surface area (Å²) in [5, 5.41) is 3.69. The van der Waals surface area contributed by atoms with Crippen molar-refractivity contribution in [1.82, 2.24) is 10.2 Å². The van der Waals surface area contributed by atoms with Crippen molar-refractivity contribution in [2.75, 3.05) is 33.9 Å². The molecule has 0 radical (unpaired) electrons. The Kier molecular flexibility index (Phi) is 7.33. The normalized spacial score (nSPS) is 29.7. The molecule has 114 valence electrons. The molecule has 0 aliphatic heterocycles. The maximum atomic E-state index is 5.87. The van der Waals surface area contributed by atoms with Crippen LogP contribution in [-0.2, 0) is 4.74 Å². The number of nitrogens with one attached hydrogen (secondary N) is 1. The molecule has 1 rings (SSSR count). The van der Waals surface area contributed by atoms with Gasteiger partial charge in [-0.25, -0.2) is 0 Å². The molecular formula is C16H34N2O. The second kappa shape index (κ2) is 8.23. The number of nitrogens with zero attached hydrogens (tertiary/aromatic N) is 1. The van der Waals surface area contributed by atoms with Gasteiger partial charge in [0.05, 0.1) is 6.61 Å². The molecule has 0 bridgehead atoms. The summed E-state index contributed by atoms with van der Waals surface area (Å²) in [5.41, 5.74) is 0.265. The predicted molar refractivity (Wildman–Crippen MR) is 82.6 cm³/mol. The summed E-state index contributed by atoms with van der Waals surface area (Å²) < 4.78 is 5.87. The lowest BCUT2D eigenvalue weighted by Crippen LogP contribution is -2.62. The van der Waals surface area contributed by atoms with E-state index in [9.17, 15) is 0 Å². The first kappa shape index (κ1) is 16.9. The van der Waals surface area contributed by atoms with Gasteiger partial charge in [0.1, 0.15) is 0 Å². The number of hydrogen-bond acceptors (Lipinski definition) is 3. The van der Waals surface area contributed by atoms with Gasteiger partial charge in [-0.05, 0) is 45.8 Å². The lowest BCUT2D eigenvalue weighted by Gasteiger charge is -2.50. The molecule has 0 aromatic heterocycles. The fraction of sp³-hybridized carbons (Fsp3) is 1.00. The Morgan fingerprint density at radius 2 is 2.11 bits per heavy atom. The molecule has 0 spiro atoms. The molecule has 3 unspecified atom stereocenters. The first-order valence-corrected chi connectivity index (χ1v) is 8.05. The molecule has 1 fully saturated rings. The third-order valence-corrected chi connectivity index (χ3v) is 4.63. The van der Waals surface area contributed by atoms with Crippen LogP contribution in [0.15, 0.2) is 0 Å². The fourth-order valence-electron chi connectivity index (χ4n) is 3.59. The van der Waals surface area contributed by atoms with E-state index in [1.165, 1.54) is 25.7 Å². The van der Waals surface area contributed by atoms with Crippen molar-refractivity contribution in [2.24, 2.45) is 5.92 Å². The van der Waals surface area contributed by atoms with Crippen molar-refractivity contribution in [3.05, 3.63) is 0 Å². The first-order valence-electron chi connectivity index (χ1n) is 8.05. The monoisotopic (exact) mass is 270 g/mol. The second-order valence-corrected chi connectivity index (χ2v) is 6.38. The number of rotatable bonds is 8. The molecule has 1 N–H and O–H groups in total. The maximum absolute atomic E-state index is 5.87. The van der Waals surface area contributed by atoms with Crippen molar-refractivity contribution >= 4 is 0 Å². The van der Waals surface area contributed by atoms with Gasteiger partial charge >= 0.3 is 0 Å². The molecule has 1 aliphatic rings. The van der Waals surface area contributed by atoms with Crippen LogP contribution in [0.5, 0.6) is 0 Å². The van der Waals surface area contributed by atoms with E-state index in [0.29, 0.717) is 6.04 Å². The number of hydrogen-bond donors (Lipinski definition) is 1. The van der Waals surface area contributed by atoms with Crippen molar-refractivity contribution < 1.29 is 4.74 Å². The van der Waals surface area contributed by atoms with E-state index >= 15 is 0 Å². The molecule has 0 saturated heterocycles. The minimum absolute atomic E-state index is 0.265. The standard InChI is InChI=1S/C16H34N2O/c1-6-11-19-13-15(17-7-2)16(18(4)5)10-8-9-14(3)12-16/h14-15,17H,6-13H2,1-5H3. The molecule has 3 nitrogen and oxygen atoms in total. The van der Waals surface area contributed by atoms with Crippen LogP contribution in [0, 0.1) is 5.92 Å². The largest absolute Gasteiger partial charge is 0.380 e. The lowest BCUT2D eigenvalue weighted by molar-refractivity contribution is -0.00363. The summed E-state index contributed by atoms with van der Waals surface area (Å²) in [6.07, 6.45) is 6.40. The quantitative estimate of drug-likeness (QED) is 0.686. The molecule has 0 heterocycles. The lowest BCUT2D eigenvalue weighted by atomic mass is 9.71. The zero-order valence-corrected chi connectivity index (χ0v) is 13.7. The summed E-state index contributed by atoms with van der Waals surface area (Å²) in [5.74, 6) is 0.823. The van der Waals surface area contributed by atoms with E-state index in [4.69, 9.17) is 4.74 Å². The van der Waals surface area contributed by atoms with Gasteiger partial charge in [-0.15, -0.1) is 0 Å². The van der Waals surface area contributed by atoms with E-state index in [-0.39, 0.29) is 5.54 Å². The predicted octanol–water partition coefficient (Wildman–Crippen LogP) is 2.90. The molecule has 1 aliphatic carbocycles. The molecule has 0 amide bonds. The van der Waals surface area contributed by atoms with E-state index in [1.54, 1.807) is 0 Å². The molecule has 19 heavy (non-hydrogen) atoms. The van der Waals surface area contributed by atoms with Gasteiger partial charge in [-0.2, -0.15) is 0 Å². The Labute approximate surface area is 120 Å². The Bertz CT molecular complexity index is 245. The van der Waals surface area contributed by atoms with Crippen LogP contribution < -0.4 is 5.32 Å². The second-order valence-electron chi connectivity index (χ2n) is 6.38. The summed E-state index contributed by atoms with van der Waals surface area (Å²) in [4.78, 5) is 2.45. The third kappa shape index (κ3) is 4.44. The summed E-state index contributed by atoms with van der Waals surface area (Å²) in [6.45, 7) is 9.50. The van der Waals surface area contributed by atoms with Gasteiger partial charge in [0.15, 0.2) is 0 Å². The molecule has 3 atom stereocenters. The zero-order valence-electron chi connectivity index (χ0n) is 13.7. The number of ether oxygens (including phenoxy) is 1. The average Bonchev–Trinajstić information content (AvgIpc) is 2.37. The maximum Gasteiger partial charge on any atom is 0.0637 e. The summed E-state index contributed by atoms with van der Waals surface area (Å²) in [6, 6.07) is 0.446. The highest BCUT2D eigenvalue weighted by atomic mass is 16.5. The van der Waals surface area contributed by atoms with Crippen molar-refractivity contribution in [2.45, 2.75) is 64.5 Å². The van der Waals surface area contributed by atoms with E-state index < -0.39 is 0 Å². The highest BCUT2D eigenvalue weighted by molar-refractivity contribution is 5.01. The molecular weight excluding hydrogens is 236 g/mol. The number of likely N-dealkylation sites (N-methyl/N-ethyl adjacent to an activating group) is 2. The van der Waals surface area contributed by atoms with Gasteiger partial charge in [0.2, 0.25) is 0 Å². The van der Waals surface area contributed by atoms with E-state index in [2.05, 4.69) is 45.1 Å². The van der Waals surface area contributed by atoms with Crippen LogP contribution in [0.3, 0.4) is 0 Å². The Morgan fingerprint density at radius 1 is 1.37 bits per heavy atom. The van der Waals surface area contributed by atoms with Gasteiger partial charge in [-0.1, -0.05) is 33.6 Å². The van der Waals surface area contributed by atoms with Crippen LogP contribution in [0.1, 0.15) is 52.9 Å². The summed E-state index contributed by atoms with van der Waals surface area (Å²) in [7, 11) is 4.48. The van der Waals surface area contributed by atoms with Crippen molar-refractivity contribution in [3.63, 3.8) is 0 Å². The first-order chi connectivity index (χ1) is 9.06.